The molecule has 0 spiro atoms. The van der Waals surface area contributed by atoms with Crippen LogP contribution < -0.4 is 10.9 Å². The molecule has 7 heteroatoms. The van der Waals surface area contributed by atoms with Gasteiger partial charge in [-0.25, -0.2) is 15.2 Å². The molecule has 0 aliphatic heterocycles. The number of hydrogen-bond donors (Lipinski definition) is 1. The third kappa shape index (κ3) is 2.78. The summed E-state index contributed by atoms with van der Waals surface area (Å²) in [5.41, 5.74) is 0.228. The molecule has 20 heavy (non-hydrogen) atoms. The minimum atomic E-state index is -0.592. The van der Waals surface area contributed by atoms with E-state index in [9.17, 15) is 19.3 Å². The number of carbonyl (C=O) groups is 1. The minimum Gasteiger partial charge on any atom is -0.267 e. The lowest BCUT2D eigenvalue weighted by Crippen LogP contribution is -2.37. The Labute approximate surface area is 113 Å². The summed E-state index contributed by atoms with van der Waals surface area (Å²) in [5.74, 6) is 4.51. The number of non-ortho nitro benzene ring substituents is 1. The van der Waals surface area contributed by atoms with Crippen LogP contribution in [0.15, 0.2) is 48.5 Å². The number of nitro benzene ring substituents is 1. The number of benzene rings is 2. The van der Waals surface area contributed by atoms with Crippen LogP contribution in [0.4, 0.5) is 15.8 Å². The first-order valence-electron chi connectivity index (χ1n) is 5.58. The van der Waals surface area contributed by atoms with Crippen molar-refractivity contribution < 1.29 is 14.1 Å². The molecule has 2 aromatic rings. The molecule has 0 bridgehead atoms. The molecule has 0 aliphatic rings. The van der Waals surface area contributed by atoms with Gasteiger partial charge in [-0.05, 0) is 30.3 Å². The fraction of sp³-hybridized carbons (Fsp3) is 0. The van der Waals surface area contributed by atoms with E-state index >= 15 is 0 Å². The van der Waals surface area contributed by atoms with Crippen molar-refractivity contribution >= 4 is 17.3 Å². The predicted molar refractivity (Wildman–Crippen MR) is 70.5 cm³/mol. The molecule has 0 aliphatic carbocycles. The number of rotatable bonds is 3. The molecule has 0 aromatic heterocycles. The summed E-state index contributed by atoms with van der Waals surface area (Å²) in [5, 5.41) is 11.3. The Bertz CT molecular complexity index is 658. The molecular weight excluding hydrogens is 265 g/mol. The number of nitrogens with two attached hydrogens (primary N) is 1. The minimum absolute atomic E-state index is 0.129. The van der Waals surface area contributed by atoms with Crippen LogP contribution in [0.3, 0.4) is 0 Å². The quantitative estimate of drug-likeness (QED) is 0.402. The fourth-order valence-electron chi connectivity index (χ4n) is 1.61. The maximum absolute atomic E-state index is 13.1. The smallest absolute Gasteiger partial charge is 0.267 e. The van der Waals surface area contributed by atoms with Crippen LogP contribution in [0.25, 0.3) is 0 Å². The van der Waals surface area contributed by atoms with Gasteiger partial charge in [-0.1, -0.05) is 6.07 Å². The van der Waals surface area contributed by atoms with E-state index in [1.807, 2.05) is 0 Å². The SMILES string of the molecule is NN(C(=O)c1ccc([N+](=O)[O-])cc1)c1cccc(F)c1. The zero-order chi connectivity index (χ0) is 14.7. The molecule has 0 saturated heterocycles. The summed E-state index contributed by atoms with van der Waals surface area (Å²) >= 11 is 0. The Hall–Kier alpha value is -2.80. The second-order valence-corrected chi connectivity index (χ2v) is 3.96. The Morgan fingerprint density at radius 3 is 2.40 bits per heavy atom. The van der Waals surface area contributed by atoms with Crippen LogP contribution in [-0.4, -0.2) is 10.8 Å². The van der Waals surface area contributed by atoms with Crippen molar-refractivity contribution in [3.8, 4) is 0 Å². The van der Waals surface area contributed by atoms with Gasteiger partial charge < -0.3 is 0 Å². The van der Waals surface area contributed by atoms with Gasteiger partial charge in [0.05, 0.1) is 10.6 Å². The van der Waals surface area contributed by atoms with Gasteiger partial charge in [-0.3, -0.25) is 14.9 Å². The lowest BCUT2D eigenvalue weighted by Gasteiger charge is -2.16. The molecule has 0 unspecified atom stereocenters. The fourth-order valence-corrected chi connectivity index (χ4v) is 1.61. The summed E-state index contributed by atoms with van der Waals surface area (Å²) in [6.07, 6.45) is 0. The van der Waals surface area contributed by atoms with E-state index in [0.29, 0.717) is 0 Å². The molecule has 2 rings (SSSR count). The topological polar surface area (TPSA) is 89.5 Å². The van der Waals surface area contributed by atoms with E-state index in [2.05, 4.69) is 0 Å². The maximum atomic E-state index is 13.1. The van der Waals surface area contributed by atoms with Crippen molar-refractivity contribution in [1.82, 2.24) is 0 Å². The lowest BCUT2D eigenvalue weighted by atomic mass is 10.2. The average Bonchev–Trinajstić information content (AvgIpc) is 2.46. The van der Waals surface area contributed by atoms with Crippen molar-refractivity contribution in [3.05, 3.63) is 70.0 Å². The summed E-state index contributed by atoms with van der Waals surface area (Å²) in [6.45, 7) is 0. The van der Waals surface area contributed by atoms with Crippen molar-refractivity contribution in [2.24, 2.45) is 5.84 Å². The number of hydrogen-bond acceptors (Lipinski definition) is 4. The van der Waals surface area contributed by atoms with Crippen molar-refractivity contribution in [2.45, 2.75) is 0 Å². The number of halogens is 1. The van der Waals surface area contributed by atoms with Crippen LogP contribution in [0.2, 0.25) is 0 Å². The van der Waals surface area contributed by atoms with Gasteiger partial charge in [-0.15, -0.1) is 0 Å². The van der Waals surface area contributed by atoms with E-state index < -0.39 is 16.6 Å². The van der Waals surface area contributed by atoms with Gasteiger partial charge in [0.2, 0.25) is 0 Å². The highest BCUT2D eigenvalue weighted by Gasteiger charge is 2.16. The van der Waals surface area contributed by atoms with E-state index in [-0.39, 0.29) is 16.9 Å². The number of hydrazine groups is 1. The first kappa shape index (κ1) is 13.6. The molecule has 0 atom stereocenters. The zero-order valence-electron chi connectivity index (χ0n) is 10.2. The van der Waals surface area contributed by atoms with Crippen LogP contribution in [0.5, 0.6) is 0 Å². The predicted octanol–water partition coefficient (Wildman–Crippen LogP) is 2.25. The van der Waals surface area contributed by atoms with Gasteiger partial charge in [0.25, 0.3) is 11.6 Å². The third-order valence-electron chi connectivity index (χ3n) is 2.63. The summed E-state index contributed by atoms with van der Waals surface area (Å²) in [7, 11) is 0. The highest BCUT2D eigenvalue weighted by Crippen LogP contribution is 2.17. The Morgan fingerprint density at radius 1 is 1.20 bits per heavy atom. The number of nitro groups is 1. The van der Waals surface area contributed by atoms with Crippen LogP contribution in [0.1, 0.15) is 10.4 Å². The second kappa shape index (κ2) is 5.45. The van der Waals surface area contributed by atoms with Gasteiger partial charge in [0, 0.05) is 17.7 Å². The normalized spacial score (nSPS) is 10.1. The first-order chi connectivity index (χ1) is 9.49. The van der Waals surface area contributed by atoms with Crippen LogP contribution in [0, 0.1) is 15.9 Å². The molecule has 6 nitrogen and oxygen atoms in total. The zero-order valence-corrected chi connectivity index (χ0v) is 10.2. The van der Waals surface area contributed by atoms with Gasteiger partial charge in [-0.2, -0.15) is 0 Å². The van der Waals surface area contributed by atoms with Gasteiger partial charge in [0.15, 0.2) is 0 Å². The number of nitrogens with zero attached hydrogens (tertiary/aromatic N) is 2. The van der Waals surface area contributed by atoms with E-state index in [0.717, 1.165) is 11.1 Å². The first-order valence-corrected chi connectivity index (χ1v) is 5.58. The Morgan fingerprint density at radius 2 is 1.85 bits per heavy atom. The molecular formula is C13H10FN3O3. The third-order valence-corrected chi connectivity index (χ3v) is 2.63. The molecule has 102 valence electrons. The highest BCUT2D eigenvalue weighted by atomic mass is 19.1. The summed E-state index contributed by atoms with van der Waals surface area (Å²) in [6, 6.07) is 10.2. The number of anilines is 1. The molecule has 2 N–H and O–H groups in total. The van der Waals surface area contributed by atoms with Crippen LogP contribution >= 0.6 is 0 Å². The summed E-state index contributed by atoms with van der Waals surface area (Å²) in [4.78, 5) is 22.0. The standard InChI is InChI=1S/C13H10FN3O3/c14-10-2-1-3-12(8-10)16(15)13(18)9-4-6-11(7-5-9)17(19)20/h1-8H,15H2. The average molecular weight is 275 g/mol. The Kier molecular flexibility index (Phi) is 3.72. The molecule has 0 radical (unpaired) electrons. The van der Waals surface area contributed by atoms with Gasteiger partial charge >= 0.3 is 0 Å². The second-order valence-electron chi connectivity index (χ2n) is 3.96. The number of carbonyl (C=O) groups excluding carboxylic acids is 1. The number of amides is 1. The van der Waals surface area contributed by atoms with E-state index in [1.165, 1.54) is 42.5 Å². The lowest BCUT2D eigenvalue weighted by molar-refractivity contribution is -0.384. The van der Waals surface area contributed by atoms with Crippen LogP contribution in [-0.2, 0) is 0 Å². The largest absolute Gasteiger partial charge is 0.272 e. The van der Waals surface area contributed by atoms with Gasteiger partial charge in [0.1, 0.15) is 5.82 Å². The van der Waals surface area contributed by atoms with E-state index in [4.69, 9.17) is 5.84 Å². The molecule has 0 heterocycles. The maximum Gasteiger partial charge on any atom is 0.272 e. The Balaban J connectivity index is 2.24. The monoisotopic (exact) mass is 275 g/mol. The summed E-state index contributed by atoms with van der Waals surface area (Å²) < 4.78 is 13.1. The highest BCUT2D eigenvalue weighted by molar-refractivity contribution is 6.05. The van der Waals surface area contributed by atoms with Crippen molar-refractivity contribution in [1.29, 1.82) is 0 Å². The van der Waals surface area contributed by atoms with Crippen molar-refractivity contribution in [3.63, 3.8) is 0 Å². The molecule has 1 amide bonds. The van der Waals surface area contributed by atoms with E-state index in [1.54, 1.807) is 0 Å². The van der Waals surface area contributed by atoms with Crippen molar-refractivity contribution in [2.75, 3.05) is 5.01 Å². The molecule has 0 saturated carbocycles. The molecule has 2 aromatic carbocycles. The molecule has 0 fully saturated rings.